The fourth-order valence-corrected chi connectivity index (χ4v) is 2.68. The van der Waals surface area contributed by atoms with Crippen LogP contribution in [0.1, 0.15) is 37.6 Å². The van der Waals surface area contributed by atoms with Crippen molar-refractivity contribution in [2.24, 2.45) is 0 Å². The van der Waals surface area contributed by atoms with Crippen LogP contribution in [-0.2, 0) is 0 Å². The maximum atomic E-state index is 12.3. The number of aliphatic hydroxyl groups is 1. The Bertz CT molecular complexity index is 563. The summed E-state index contributed by atoms with van der Waals surface area (Å²) in [7, 11) is 0. The van der Waals surface area contributed by atoms with E-state index in [-0.39, 0.29) is 11.8 Å². The summed E-state index contributed by atoms with van der Waals surface area (Å²) in [6.07, 6.45) is -1.12. The minimum Gasteiger partial charge on any atom is -0.465 e. The summed E-state index contributed by atoms with van der Waals surface area (Å²) in [5.74, 6) is -0.0827. The van der Waals surface area contributed by atoms with Gasteiger partial charge in [0.05, 0.1) is 12.1 Å². The van der Waals surface area contributed by atoms with Gasteiger partial charge >= 0.3 is 6.09 Å². The Morgan fingerprint density at radius 2 is 1.82 bits per heavy atom. The van der Waals surface area contributed by atoms with Gasteiger partial charge in [-0.1, -0.05) is 0 Å². The van der Waals surface area contributed by atoms with Crippen LogP contribution in [0.2, 0.25) is 0 Å². The van der Waals surface area contributed by atoms with Gasteiger partial charge in [-0.2, -0.15) is 0 Å². The Hall–Kier alpha value is -1.92. The van der Waals surface area contributed by atoms with Crippen LogP contribution in [0.4, 0.5) is 10.5 Å². The molecule has 2 atom stereocenters. The van der Waals surface area contributed by atoms with Crippen molar-refractivity contribution in [2.75, 3.05) is 11.4 Å². The SMILES string of the molecule is CC(C)(C)N(C(=O)O)c1ccc(C(=O)[C@H]2CC(O)CN2)cc1. The molecule has 0 aromatic heterocycles. The predicted octanol–water partition coefficient (Wildman–Crippen LogP) is 1.88. The number of carbonyl (C=O) groups is 2. The molecule has 0 spiro atoms. The molecule has 1 aromatic rings. The van der Waals surface area contributed by atoms with Gasteiger partial charge in [0.15, 0.2) is 5.78 Å². The molecule has 0 bridgehead atoms. The highest BCUT2D eigenvalue weighted by Crippen LogP contribution is 2.25. The van der Waals surface area contributed by atoms with Crippen LogP contribution in [0, 0.1) is 0 Å². The number of nitrogens with one attached hydrogen (secondary N) is 1. The normalized spacial score (nSPS) is 21.6. The number of anilines is 1. The van der Waals surface area contributed by atoms with Gasteiger partial charge in [-0.3, -0.25) is 9.69 Å². The minimum absolute atomic E-state index is 0.0827. The molecule has 1 amide bonds. The summed E-state index contributed by atoms with van der Waals surface area (Å²) in [6.45, 7) is 5.85. The lowest BCUT2D eigenvalue weighted by Gasteiger charge is -2.33. The van der Waals surface area contributed by atoms with E-state index in [4.69, 9.17) is 0 Å². The van der Waals surface area contributed by atoms with Crippen LogP contribution in [0.5, 0.6) is 0 Å². The third kappa shape index (κ3) is 3.45. The van der Waals surface area contributed by atoms with Gasteiger partial charge in [0.2, 0.25) is 0 Å². The van der Waals surface area contributed by atoms with Gasteiger partial charge in [0.25, 0.3) is 0 Å². The quantitative estimate of drug-likeness (QED) is 0.742. The second-order valence-electron chi connectivity index (χ2n) is 6.55. The summed E-state index contributed by atoms with van der Waals surface area (Å²) >= 11 is 0. The molecule has 1 heterocycles. The summed E-state index contributed by atoms with van der Waals surface area (Å²) in [5, 5.41) is 21.8. The molecule has 1 unspecified atom stereocenters. The Kier molecular flexibility index (Phi) is 4.53. The van der Waals surface area contributed by atoms with Crippen LogP contribution in [0.15, 0.2) is 24.3 Å². The number of hydrogen-bond donors (Lipinski definition) is 3. The van der Waals surface area contributed by atoms with Crippen LogP contribution in [0.25, 0.3) is 0 Å². The predicted molar refractivity (Wildman–Crippen MR) is 83.4 cm³/mol. The third-order valence-corrected chi connectivity index (χ3v) is 3.70. The second-order valence-corrected chi connectivity index (χ2v) is 6.55. The van der Waals surface area contributed by atoms with Crippen molar-refractivity contribution in [3.63, 3.8) is 0 Å². The van der Waals surface area contributed by atoms with Crippen molar-refractivity contribution >= 4 is 17.6 Å². The van der Waals surface area contributed by atoms with Crippen LogP contribution < -0.4 is 10.2 Å². The molecule has 22 heavy (non-hydrogen) atoms. The van der Waals surface area contributed by atoms with Crippen LogP contribution >= 0.6 is 0 Å². The molecule has 1 aromatic carbocycles. The molecular weight excluding hydrogens is 284 g/mol. The van der Waals surface area contributed by atoms with E-state index < -0.39 is 17.7 Å². The van der Waals surface area contributed by atoms with Crippen molar-refractivity contribution in [2.45, 2.75) is 44.9 Å². The first kappa shape index (κ1) is 16.5. The molecule has 2 rings (SSSR count). The highest BCUT2D eigenvalue weighted by atomic mass is 16.4. The van der Waals surface area contributed by atoms with E-state index in [0.29, 0.717) is 24.2 Å². The zero-order valence-corrected chi connectivity index (χ0v) is 13.0. The lowest BCUT2D eigenvalue weighted by molar-refractivity contribution is 0.0942. The average molecular weight is 306 g/mol. The van der Waals surface area contributed by atoms with E-state index in [0.717, 1.165) is 0 Å². The highest BCUT2D eigenvalue weighted by molar-refractivity contribution is 6.01. The number of β-amino-alcohol motifs (C(OH)–C–C–N with tert-alkyl or cyclic N) is 1. The van der Waals surface area contributed by atoms with E-state index >= 15 is 0 Å². The first-order chi connectivity index (χ1) is 10.2. The summed E-state index contributed by atoms with van der Waals surface area (Å²) < 4.78 is 0. The van der Waals surface area contributed by atoms with Crippen LogP contribution in [-0.4, -0.2) is 46.3 Å². The largest absolute Gasteiger partial charge is 0.465 e. The fourth-order valence-electron chi connectivity index (χ4n) is 2.68. The van der Waals surface area contributed by atoms with Gasteiger partial charge in [-0.05, 0) is 51.5 Å². The number of benzene rings is 1. The molecule has 6 nitrogen and oxygen atoms in total. The number of aliphatic hydroxyl groups excluding tert-OH is 1. The number of rotatable bonds is 3. The van der Waals surface area contributed by atoms with Gasteiger partial charge in [0.1, 0.15) is 0 Å². The Morgan fingerprint density at radius 1 is 1.23 bits per heavy atom. The van der Waals surface area contributed by atoms with Crippen molar-refractivity contribution in [1.82, 2.24) is 5.32 Å². The zero-order valence-electron chi connectivity index (χ0n) is 13.0. The molecule has 3 N–H and O–H groups in total. The van der Waals surface area contributed by atoms with Gasteiger partial charge < -0.3 is 15.5 Å². The third-order valence-electron chi connectivity index (χ3n) is 3.70. The summed E-state index contributed by atoms with van der Waals surface area (Å²) in [4.78, 5) is 25.0. The Morgan fingerprint density at radius 3 is 2.23 bits per heavy atom. The minimum atomic E-state index is -1.04. The molecule has 120 valence electrons. The Labute approximate surface area is 129 Å². The van der Waals surface area contributed by atoms with Crippen molar-refractivity contribution < 1.29 is 19.8 Å². The van der Waals surface area contributed by atoms with E-state index in [1.807, 2.05) is 20.8 Å². The molecule has 1 aliphatic rings. The highest BCUT2D eigenvalue weighted by Gasteiger charge is 2.30. The molecule has 0 aliphatic carbocycles. The van der Waals surface area contributed by atoms with Gasteiger partial charge in [-0.15, -0.1) is 0 Å². The van der Waals surface area contributed by atoms with Crippen molar-refractivity contribution in [3.05, 3.63) is 29.8 Å². The maximum Gasteiger partial charge on any atom is 0.412 e. The lowest BCUT2D eigenvalue weighted by atomic mass is 10.0. The number of hydrogen-bond acceptors (Lipinski definition) is 4. The first-order valence-electron chi connectivity index (χ1n) is 7.29. The lowest BCUT2D eigenvalue weighted by Crippen LogP contribution is -2.45. The fraction of sp³-hybridized carbons (Fsp3) is 0.500. The topological polar surface area (TPSA) is 89.9 Å². The molecular formula is C16H22N2O4. The van der Waals surface area contributed by atoms with Gasteiger partial charge in [0, 0.05) is 23.3 Å². The molecule has 0 saturated carbocycles. The molecule has 0 radical (unpaired) electrons. The molecule has 1 aliphatic heterocycles. The van der Waals surface area contributed by atoms with E-state index in [1.165, 1.54) is 4.90 Å². The van der Waals surface area contributed by atoms with E-state index in [2.05, 4.69) is 5.32 Å². The Balaban J connectivity index is 2.19. The smallest absolute Gasteiger partial charge is 0.412 e. The number of carboxylic acid groups (broad SMARTS) is 1. The summed E-state index contributed by atoms with van der Waals surface area (Å²) in [5.41, 5.74) is 0.458. The molecule has 1 saturated heterocycles. The standard InChI is InChI=1S/C16H22N2O4/c1-16(2,3)18(15(21)22)11-6-4-10(5-7-11)14(20)13-8-12(19)9-17-13/h4-7,12-13,17,19H,8-9H2,1-3H3,(H,21,22)/t12?,13-/m1/s1. The van der Waals surface area contributed by atoms with Crippen LogP contribution in [0.3, 0.4) is 0 Å². The average Bonchev–Trinajstić information content (AvgIpc) is 2.83. The van der Waals surface area contributed by atoms with Gasteiger partial charge in [-0.25, -0.2) is 4.79 Å². The first-order valence-corrected chi connectivity index (χ1v) is 7.29. The number of ketones is 1. The number of amides is 1. The van der Waals surface area contributed by atoms with E-state index in [9.17, 15) is 19.8 Å². The van der Waals surface area contributed by atoms with Crippen molar-refractivity contribution in [1.29, 1.82) is 0 Å². The monoisotopic (exact) mass is 306 g/mol. The number of Topliss-reactive ketones (excluding diaryl/α,β-unsaturated/α-hetero) is 1. The molecule has 6 heteroatoms. The molecule has 1 fully saturated rings. The van der Waals surface area contributed by atoms with E-state index in [1.54, 1.807) is 24.3 Å². The summed E-state index contributed by atoms with van der Waals surface area (Å²) in [6, 6.07) is 6.16. The second kappa shape index (κ2) is 6.06. The number of carbonyl (C=O) groups excluding carboxylic acids is 1. The number of nitrogens with zero attached hydrogens (tertiary/aromatic N) is 1. The van der Waals surface area contributed by atoms with Crippen molar-refractivity contribution in [3.8, 4) is 0 Å². The maximum absolute atomic E-state index is 12.3. The zero-order chi connectivity index (χ0) is 16.5.